The Hall–Kier alpha value is -1.65. The molecule has 2 rings (SSSR count). The van der Waals surface area contributed by atoms with Gasteiger partial charge in [-0.05, 0) is 25.8 Å². The van der Waals surface area contributed by atoms with E-state index in [2.05, 4.69) is 15.5 Å². The maximum atomic E-state index is 11.5. The van der Waals surface area contributed by atoms with Crippen molar-refractivity contribution >= 4 is 11.7 Å². The van der Waals surface area contributed by atoms with Gasteiger partial charge in [0.15, 0.2) is 0 Å². The van der Waals surface area contributed by atoms with E-state index in [4.69, 9.17) is 0 Å². The highest BCUT2D eigenvalue weighted by molar-refractivity contribution is 5.81. The van der Waals surface area contributed by atoms with Gasteiger partial charge in [-0.25, -0.2) is 0 Å². The molecule has 0 aromatic carbocycles. The van der Waals surface area contributed by atoms with Crippen LogP contribution in [0.1, 0.15) is 25.5 Å². The zero-order chi connectivity index (χ0) is 11.5. The minimum atomic E-state index is -0.0174. The highest BCUT2D eigenvalue weighted by Crippen LogP contribution is 2.27. The lowest BCUT2D eigenvalue weighted by Gasteiger charge is -2.34. The molecule has 1 heterocycles. The number of rotatable bonds is 4. The van der Waals surface area contributed by atoms with Crippen molar-refractivity contribution in [2.45, 2.75) is 32.2 Å². The van der Waals surface area contributed by atoms with E-state index in [-0.39, 0.29) is 23.7 Å². The molecule has 86 valence electrons. The summed E-state index contributed by atoms with van der Waals surface area (Å²) in [6.07, 6.45) is 3.51. The Morgan fingerprint density at radius 2 is 2.31 bits per heavy atom. The molecular weight excluding hydrogens is 206 g/mol. The fourth-order valence-electron chi connectivity index (χ4n) is 1.90. The number of H-pyrrole nitrogens is 1. The largest absolute Gasteiger partial charge is 0.353 e. The van der Waals surface area contributed by atoms with Crippen LogP contribution in [0.2, 0.25) is 0 Å². The number of hydrogen-bond donors (Lipinski definition) is 2. The van der Waals surface area contributed by atoms with Gasteiger partial charge in [-0.15, -0.1) is 0 Å². The number of nitrogens with one attached hydrogen (secondary N) is 2. The van der Waals surface area contributed by atoms with Gasteiger partial charge >= 0.3 is 0 Å². The molecule has 1 aromatic heterocycles. The van der Waals surface area contributed by atoms with Crippen LogP contribution in [-0.2, 0) is 16.0 Å². The quantitative estimate of drug-likeness (QED) is 0.774. The SMILES string of the molecule is CC(=O)C1CC(NC(=O)Cc2ccn[nH]2)C1. The number of amides is 1. The van der Waals surface area contributed by atoms with Crippen molar-refractivity contribution in [3.8, 4) is 0 Å². The number of ketones is 1. The first kappa shape index (κ1) is 10.9. The summed E-state index contributed by atoms with van der Waals surface area (Å²) in [4.78, 5) is 22.5. The number of aromatic nitrogens is 2. The third kappa shape index (κ3) is 2.48. The van der Waals surface area contributed by atoms with Crippen molar-refractivity contribution in [3.63, 3.8) is 0 Å². The van der Waals surface area contributed by atoms with Crippen molar-refractivity contribution < 1.29 is 9.59 Å². The second-order valence-corrected chi connectivity index (χ2v) is 4.30. The van der Waals surface area contributed by atoms with Crippen LogP contribution in [0, 0.1) is 5.92 Å². The number of hydrogen-bond acceptors (Lipinski definition) is 3. The molecule has 0 spiro atoms. The van der Waals surface area contributed by atoms with E-state index in [0.29, 0.717) is 6.42 Å². The molecule has 0 atom stereocenters. The summed E-state index contributed by atoms with van der Waals surface area (Å²) < 4.78 is 0. The Labute approximate surface area is 93.6 Å². The fraction of sp³-hybridized carbons (Fsp3) is 0.545. The molecule has 1 aliphatic rings. The zero-order valence-corrected chi connectivity index (χ0v) is 9.19. The van der Waals surface area contributed by atoms with Gasteiger partial charge in [0, 0.05) is 23.9 Å². The summed E-state index contributed by atoms with van der Waals surface area (Å²) in [5.41, 5.74) is 0.806. The third-order valence-corrected chi connectivity index (χ3v) is 2.99. The number of aromatic amines is 1. The third-order valence-electron chi connectivity index (χ3n) is 2.99. The molecule has 1 amide bonds. The van der Waals surface area contributed by atoms with Gasteiger partial charge in [0.05, 0.1) is 6.42 Å². The van der Waals surface area contributed by atoms with Crippen LogP contribution in [0.25, 0.3) is 0 Å². The highest BCUT2D eigenvalue weighted by atomic mass is 16.1. The van der Waals surface area contributed by atoms with Gasteiger partial charge in [0.25, 0.3) is 0 Å². The Balaban J connectivity index is 1.71. The monoisotopic (exact) mass is 221 g/mol. The van der Waals surface area contributed by atoms with Gasteiger partial charge in [-0.1, -0.05) is 0 Å². The van der Waals surface area contributed by atoms with E-state index in [9.17, 15) is 9.59 Å². The summed E-state index contributed by atoms with van der Waals surface area (Å²) in [6.45, 7) is 1.60. The normalized spacial score (nSPS) is 23.6. The van der Waals surface area contributed by atoms with E-state index in [0.717, 1.165) is 18.5 Å². The Kier molecular flexibility index (Phi) is 3.03. The van der Waals surface area contributed by atoms with Crippen molar-refractivity contribution in [1.29, 1.82) is 0 Å². The molecule has 1 fully saturated rings. The maximum absolute atomic E-state index is 11.5. The molecule has 2 N–H and O–H groups in total. The first-order valence-corrected chi connectivity index (χ1v) is 5.43. The lowest BCUT2D eigenvalue weighted by molar-refractivity contribution is -0.127. The van der Waals surface area contributed by atoms with Crippen LogP contribution in [0.4, 0.5) is 0 Å². The van der Waals surface area contributed by atoms with Gasteiger partial charge in [0.1, 0.15) is 5.78 Å². The van der Waals surface area contributed by atoms with Gasteiger partial charge in [0.2, 0.25) is 5.91 Å². The number of Topliss-reactive ketones (excluding diaryl/α,β-unsaturated/α-hetero) is 1. The average molecular weight is 221 g/mol. The highest BCUT2D eigenvalue weighted by Gasteiger charge is 2.32. The molecule has 0 radical (unpaired) electrons. The second-order valence-electron chi connectivity index (χ2n) is 4.30. The number of nitrogens with zero attached hydrogens (tertiary/aromatic N) is 1. The average Bonchev–Trinajstić information content (AvgIpc) is 2.62. The van der Waals surface area contributed by atoms with E-state index in [1.165, 1.54) is 0 Å². The lowest BCUT2D eigenvalue weighted by Crippen LogP contribution is -2.46. The second kappa shape index (κ2) is 4.47. The summed E-state index contributed by atoms with van der Waals surface area (Å²) in [5, 5.41) is 9.41. The molecule has 0 aliphatic heterocycles. The Bertz CT molecular complexity index is 380. The molecule has 1 aliphatic carbocycles. The molecule has 1 saturated carbocycles. The minimum Gasteiger partial charge on any atom is -0.353 e. The molecule has 0 unspecified atom stereocenters. The van der Waals surface area contributed by atoms with Crippen molar-refractivity contribution in [2.75, 3.05) is 0 Å². The smallest absolute Gasteiger partial charge is 0.226 e. The predicted octanol–water partition coefficient (Wildman–Crippen LogP) is 0.436. The molecular formula is C11H15N3O2. The first-order valence-electron chi connectivity index (χ1n) is 5.43. The first-order chi connectivity index (χ1) is 7.65. The molecule has 5 heteroatoms. The Morgan fingerprint density at radius 1 is 1.56 bits per heavy atom. The molecule has 0 bridgehead atoms. The standard InChI is InChI=1S/C11H15N3O2/c1-7(15)8-4-10(5-8)13-11(16)6-9-2-3-12-14-9/h2-3,8,10H,4-6H2,1H3,(H,12,14)(H,13,16). The Morgan fingerprint density at radius 3 is 2.88 bits per heavy atom. The van der Waals surface area contributed by atoms with Crippen LogP contribution in [-0.4, -0.2) is 27.9 Å². The van der Waals surface area contributed by atoms with E-state index >= 15 is 0 Å². The molecule has 1 aromatic rings. The van der Waals surface area contributed by atoms with Gasteiger partial charge in [-0.2, -0.15) is 5.10 Å². The lowest BCUT2D eigenvalue weighted by atomic mass is 9.78. The topological polar surface area (TPSA) is 74.8 Å². The van der Waals surface area contributed by atoms with Crippen LogP contribution in [0.5, 0.6) is 0 Å². The number of carbonyl (C=O) groups is 2. The maximum Gasteiger partial charge on any atom is 0.226 e. The van der Waals surface area contributed by atoms with Crippen molar-refractivity contribution in [2.24, 2.45) is 5.92 Å². The van der Waals surface area contributed by atoms with Crippen LogP contribution >= 0.6 is 0 Å². The van der Waals surface area contributed by atoms with Crippen LogP contribution < -0.4 is 5.32 Å². The molecule has 0 saturated heterocycles. The van der Waals surface area contributed by atoms with Gasteiger partial charge < -0.3 is 5.32 Å². The van der Waals surface area contributed by atoms with Crippen molar-refractivity contribution in [1.82, 2.24) is 15.5 Å². The summed E-state index contributed by atoms with van der Waals surface area (Å²) in [7, 11) is 0. The minimum absolute atomic E-state index is 0.0174. The van der Waals surface area contributed by atoms with Crippen LogP contribution in [0.15, 0.2) is 12.3 Å². The van der Waals surface area contributed by atoms with Gasteiger partial charge in [-0.3, -0.25) is 14.7 Å². The van der Waals surface area contributed by atoms with Crippen molar-refractivity contribution in [3.05, 3.63) is 18.0 Å². The van der Waals surface area contributed by atoms with Crippen LogP contribution in [0.3, 0.4) is 0 Å². The predicted molar refractivity (Wildman–Crippen MR) is 57.6 cm³/mol. The van der Waals surface area contributed by atoms with E-state index < -0.39 is 0 Å². The van der Waals surface area contributed by atoms with E-state index in [1.807, 2.05) is 0 Å². The fourth-order valence-corrected chi connectivity index (χ4v) is 1.90. The zero-order valence-electron chi connectivity index (χ0n) is 9.19. The van der Waals surface area contributed by atoms with E-state index in [1.54, 1.807) is 19.2 Å². The number of carbonyl (C=O) groups excluding carboxylic acids is 2. The summed E-state index contributed by atoms with van der Waals surface area (Å²) >= 11 is 0. The molecule has 5 nitrogen and oxygen atoms in total. The summed E-state index contributed by atoms with van der Waals surface area (Å²) in [6, 6.07) is 1.95. The summed E-state index contributed by atoms with van der Waals surface area (Å²) in [5.74, 6) is 0.354. The molecule has 16 heavy (non-hydrogen) atoms.